The maximum Gasteiger partial charge on any atom is 0.432 e. The molecule has 0 radical (unpaired) electrons. The second-order valence-electron chi connectivity index (χ2n) is 7.86. The summed E-state index contributed by atoms with van der Waals surface area (Å²) in [7, 11) is 0. The SMILES string of the molecule is C=C(NCc1cc(F)cc(F)c1)c1cccc(Oc2ccnc(C3NC=C(C(F)(F)F)N3)c2)c1C.CC.[HH].[HH]. The van der Waals surface area contributed by atoms with Gasteiger partial charge in [-0.1, -0.05) is 32.6 Å². The molecule has 0 saturated carbocycles. The van der Waals surface area contributed by atoms with Crippen molar-refractivity contribution in [1.29, 1.82) is 0 Å². The predicted molar refractivity (Wildman–Crippen MR) is 136 cm³/mol. The minimum Gasteiger partial charge on any atom is -0.457 e. The highest BCUT2D eigenvalue weighted by atomic mass is 19.4. The van der Waals surface area contributed by atoms with E-state index in [1.807, 2.05) is 26.8 Å². The van der Waals surface area contributed by atoms with Crippen LogP contribution in [0.2, 0.25) is 0 Å². The predicted octanol–water partition coefficient (Wildman–Crippen LogP) is 7.33. The minimum atomic E-state index is -4.49. The van der Waals surface area contributed by atoms with Crippen molar-refractivity contribution in [1.82, 2.24) is 20.9 Å². The Labute approximate surface area is 215 Å². The highest BCUT2D eigenvalue weighted by Crippen LogP contribution is 2.32. The molecule has 0 bridgehead atoms. The summed E-state index contributed by atoms with van der Waals surface area (Å²) >= 11 is 0. The molecule has 1 unspecified atom stereocenters. The number of alkyl halides is 3. The van der Waals surface area contributed by atoms with Crippen LogP contribution in [-0.2, 0) is 6.54 Å². The molecule has 1 atom stereocenters. The summed E-state index contributed by atoms with van der Waals surface area (Å²) in [6, 6.07) is 11.7. The Morgan fingerprint density at radius 1 is 1.11 bits per heavy atom. The lowest BCUT2D eigenvalue weighted by molar-refractivity contribution is -0.0963. The van der Waals surface area contributed by atoms with E-state index in [4.69, 9.17) is 4.74 Å². The molecule has 1 aliphatic heterocycles. The first-order valence-corrected chi connectivity index (χ1v) is 11.5. The van der Waals surface area contributed by atoms with Crippen LogP contribution in [0.1, 0.15) is 45.3 Å². The molecule has 4 rings (SSSR count). The Morgan fingerprint density at radius 2 is 1.81 bits per heavy atom. The third-order valence-corrected chi connectivity index (χ3v) is 5.31. The fraction of sp³-hybridized carbons (Fsp3) is 0.222. The number of rotatable bonds is 7. The number of nitrogens with one attached hydrogen (secondary N) is 3. The van der Waals surface area contributed by atoms with Crippen molar-refractivity contribution in [3.8, 4) is 11.5 Å². The molecule has 200 valence electrons. The number of aromatic nitrogens is 1. The lowest BCUT2D eigenvalue weighted by Crippen LogP contribution is -2.28. The highest BCUT2D eigenvalue weighted by molar-refractivity contribution is 5.67. The zero-order chi connectivity index (χ0) is 27.2. The van der Waals surface area contributed by atoms with Crippen molar-refractivity contribution >= 4 is 5.70 Å². The van der Waals surface area contributed by atoms with Gasteiger partial charge in [-0.2, -0.15) is 13.2 Å². The summed E-state index contributed by atoms with van der Waals surface area (Å²) in [4.78, 5) is 4.13. The van der Waals surface area contributed by atoms with Crippen LogP contribution >= 0.6 is 0 Å². The van der Waals surface area contributed by atoms with Gasteiger partial charge < -0.3 is 20.7 Å². The van der Waals surface area contributed by atoms with Gasteiger partial charge in [-0.25, -0.2) is 8.78 Å². The Balaban J connectivity index is 0.00000186. The second-order valence-corrected chi connectivity index (χ2v) is 7.86. The molecule has 1 aromatic heterocycles. The van der Waals surface area contributed by atoms with E-state index in [9.17, 15) is 22.0 Å². The summed E-state index contributed by atoms with van der Waals surface area (Å²) in [6.07, 6.45) is -3.03. The number of hydrogen-bond acceptors (Lipinski definition) is 5. The zero-order valence-corrected chi connectivity index (χ0v) is 20.5. The van der Waals surface area contributed by atoms with Gasteiger partial charge in [-0.05, 0) is 36.8 Å². The van der Waals surface area contributed by atoms with E-state index in [-0.39, 0.29) is 9.40 Å². The molecule has 0 aliphatic carbocycles. The van der Waals surface area contributed by atoms with Crippen molar-refractivity contribution in [3.63, 3.8) is 0 Å². The molecule has 3 N–H and O–H groups in total. The van der Waals surface area contributed by atoms with Gasteiger partial charge >= 0.3 is 6.18 Å². The maximum absolute atomic E-state index is 13.4. The van der Waals surface area contributed by atoms with Gasteiger partial charge in [-0.15, -0.1) is 0 Å². The second kappa shape index (κ2) is 11.8. The van der Waals surface area contributed by atoms with Crippen LogP contribution in [0.4, 0.5) is 22.0 Å². The molecule has 37 heavy (non-hydrogen) atoms. The highest BCUT2D eigenvalue weighted by Gasteiger charge is 2.38. The quantitative estimate of drug-likeness (QED) is 0.284. The molecule has 1 aliphatic rings. The van der Waals surface area contributed by atoms with Crippen LogP contribution < -0.4 is 20.7 Å². The minimum absolute atomic E-state index is 0. The van der Waals surface area contributed by atoms with Crippen LogP contribution in [0.15, 0.2) is 73.2 Å². The Kier molecular flexibility index (Phi) is 8.75. The van der Waals surface area contributed by atoms with Gasteiger partial charge in [-0.3, -0.25) is 4.98 Å². The van der Waals surface area contributed by atoms with E-state index in [1.165, 1.54) is 24.4 Å². The standard InChI is InChI=1S/C25H21F5N4O.C2H6.2H2/c1-14-20(15(2)32-12-16-8-17(26)10-18(27)9-16)4-3-5-22(14)35-19-6-7-31-21(11-19)24-33-13-23(34-24)25(28,29)30;1-2;;/h3-11,13,24,32-34H,2,12H2,1H3;1-2H3;2*1H. The number of nitrogens with zero attached hydrogens (tertiary/aromatic N) is 1. The van der Waals surface area contributed by atoms with Crippen LogP contribution in [0.5, 0.6) is 11.5 Å². The Morgan fingerprint density at radius 3 is 2.46 bits per heavy atom. The first-order chi connectivity index (χ1) is 17.6. The molecule has 3 aromatic rings. The van der Waals surface area contributed by atoms with E-state index in [2.05, 4.69) is 27.5 Å². The van der Waals surface area contributed by atoms with Crippen molar-refractivity contribution in [2.24, 2.45) is 0 Å². The first-order valence-electron chi connectivity index (χ1n) is 11.5. The normalized spacial score (nSPS) is 14.5. The number of hydrogen-bond donors (Lipinski definition) is 3. The summed E-state index contributed by atoms with van der Waals surface area (Å²) in [5, 5.41) is 8.02. The Hall–Kier alpha value is -4.08. The van der Waals surface area contributed by atoms with Crippen molar-refractivity contribution in [2.45, 2.75) is 39.7 Å². The van der Waals surface area contributed by atoms with E-state index in [0.29, 0.717) is 28.5 Å². The van der Waals surface area contributed by atoms with Crippen LogP contribution in [0.25, 0.3) is 5.70 Å². The van der Waals surface area contributed by atoms with Gasteiger partial charge in [0.25, 0.3) is 0 Å². The average molecular weight is 523 g/mol. The zero-order valence-electron chi connectivity index (χ0n) is 20.5. The molecule has 2 heterocycles. The third kappa shape index (κ3) is 6.99. The number of allylic oxidation sites excluding steroid dienone is 1. The van der Waals surface area contributed by atoms with E-state index >= 15 is 0 Å². The molecular formula is C27H31F5N4O. The molecule has 0 spiro atoms. The van der Waals surface area contributed by atoms with Crippen LogP contribution in [-0.4, -0.2) is 11.2 Å². The van der Waals surface area contributed by atoms with Gasteiger partial charge in [0.15, 0.2) is 0 Å². The largest absolute Gasteiger partial charge is 0.457 e. The fourth-order valence-corrected chi connectivity index (χ4v) is 3.57. The summed E-state index contributed by atoms with van der Waals surface area (Å²) < 4.78 is 71.5. The number of benzene rings is 2. The molecular weight excluding hydrogens is 491 g/mol. The lowest BCUT2D eigenvalue weighted by Gasteiger charge is -2.17. The topological polar surface area (TPSA) is 58.2 Å². The van der Waals surface area contributed by atoms with E-state index in [1.54, 1.807) is 18.2 Å². The summed E-state index contributed by atoms with van der Waals surface area (Å²) in [5.41, 5.74) is 1.86. The van der Waals surface area contributed by atoms with Gasteiger partial charge in [0.2, 0.25) is 0 Å². The molecule has 0 amide bonds. The number of ether oxygens (including phenoxy) is 1. The monoisotopic (exact) mass is 522 g/mol. The molecule has 0 fully saturated rings. The molecule has 10 heteroatoms. The molecule has 2 aromatic carbocycles. The van der Waals surface area contributed by atoms with Gasteiger partial charge in [0, 0.05) is 50.8 Å². The maximum atomic E-state index is 13.4. The number of pyridine rings is 1. The third-order valence-electron chi connectivity index (χ3n) is 5.31. The van der Waals surface area contributed by atoms with Crippen molar-refractivity contribution in [3.05, 3.63) is 107 Å². The molecule has 5 nitrogen and oxygen atoms in total. The summed E-state index contributed by atoms with van der Waals surface area (Å²) in [5.74, 6) is -0.442. The first kappa shape index (κ1) is 27.5. The van der Waals surface area contributed by atoms with Gasteiger partial charge in [0.1, 0.15) is 35.0 Å². The van der Waals surface area contributed by atoms with E-state index in [0.717, 1.165) is 23.4 Å². The van der Waals surface area contributed by atoms with Gasteiger partial charge in [0.05, 0.1) is 5.69 Å². The smallest absolute Gasteiger partial charge is 0.432 e. The number of halogens is 5. The average Bonchev–Trinajstić information content (AvgIpc) is 3.36. The Bertz CT molecular complexity index is 1280. The van der Waals surface area contributed by atoms with Crippen LogP contribution in [0, 0.1) is 18.6 Å². The fourth-order valence-electron chi connectivity index (χ4n) is 3.57. The van der Waals surface area contributed by atoms with Crippen molar-refractivity contribution < 1.29 is 29.5 Å². The molecule has 0 saturated heterocycles. The van der Waals surface area contributed by atoms with Crippen molar-refractivity contribution in [2.75, 3.05) is 0 Å². The summed E-state index contributed by atoms with van der Waals surface area (Å²) in [6.45, 7) is 10.00. The van der Waals surface area contributed by atoms with E-state index < -0.39 is 29.7 Å². The van der Waals surface area contributed by atoms with Crippen LogP contribution in [0.3, 0.4) is 0 Å². The lowest BCUT2D eigenvalue weighted by atomic mass is 10.0.